The van der Waals surface area contributed by atoms with Crippen molar-refractivity contribution in [2.45, 2.75) is 19.8 Å². The molecule has 0 aromatic carbocycles. The first-order valence-electron chi connectivity index (χ1n) is 5.65. The van der Waals surface area contributed by atoms with Crippen LogP contribution in [0.3, 0.4) is 0 Å². The number of thiophene rings is 1. The second kappa shape index (κ2) is 4.87. The molecule has 5 heteroatoms. The first-order valence-corrected chi connectivity index (χ1v) is 6.53. The number of carbonyl (C=O) groups is 2. The number of hydrogen-bond donors (Lipinski definition) is 1. The van der Waals surface area contributed by atoms with E-state index in [9.17, 15) is 9.59 Å². The molecule has 1 aliphatic rings. The number of piperidine rings is 1. The Morgan fingerprint density at radius 2 is 2.29 bits per heavy atom. The standard InChI is InChI=1S/C12H15NO3S/c1-8-4-6-17-10(8)11(14)13-5-2-3-9(7-13)12(15)16/h4,6,9H,2-3,5,7H2,1H3,(H,15,16). The zero-order valence-electron chi connectivity index (χ0n) is 9.68. The normalized spacial score (nSPS) is 20.3. The van der Waals surface area contributed by atoms with Crippen molar-refractivity contribution in [1.29, 1.82) is 0 Å². The molecular weight excluding hydrogens is 238 g/mol. The highest BCUT2D eigenvalue weighted by atomic mass is 32.1. The minimum Gasteiger partial charge on any atom is -0.481 e. The number of rotatable bonds is 2. The van der Waals surface area contributed by atoms with Gasteiger partial charge in [0.25, 0.3) is 5.91 Å². The van der Waals surface area contributed by atoms with Crippen molar-refractivity contribution in [2.24, 2.45) is 5.92 Å². The lowest BCUT2D eigenvalue weighted by atomic mass is 9.98. The minimum absolute atomic E-state index is 0.0246. The van der Waals surface area contributed by atoms with Crippen molar-refractivity contribution >= 4 is 23.2 Å². The Morgan fingerprint density at radius 3 is 2.88 bits per heavy atom. The highest BCUT2D eigenvalue weighted by Crippen LogP contribution is 2.22. The number of aryl methyl sites for hydroxylation is 1. The van der Waals surface area contributed by atoms with E-state index in [1.165, 1.54) is 11.3 Å². The maximum absolute atomic E-state index is 12.2. The molecule has 2 rings (SSSR count). The Bertz CT molecular complexity index is 441. The zero-order valence-corrected chi connectivity index (χ0v) is 10.5. The molecule has 2 heterocycles. The lowest BCUT2D eigenvalue weighted by Gasteiger charge is -2.30. The summed E-state index contributed by atoms with van der Waals surface area (Å²) in [6.45, 7) is 2.91. The molecule has 17 heavy (non-hydrogen) atoms. The summed E-state index contributed by atoms with van der Waals surface area (Å²) < 4.78 is 0. The van der Waals surface area contributed by atoms with Gasteiger partial charge in [-0.25, -0.2) is 0 Å². The van der Waals surface area contributed by atoms with Gasteiger partial charge in [-0.1, -0.05) is 0 Å². The monoisotopic (exact) mass is 253 g/mol. The predicted molar refractivity (Wildman–Crippen MR) is 65.3 cm³/mol. The van der Waals surface area contributed by atoms with Crippen molar-refractivity contribution in [2.75, 3.05) is 13.1 Å². The highest BCUT2D eigenvalue weighted by molar-refractivity contribution is 7.12. The van der Waals surface area contributed by atoms with Gasteiger partial charge in [0, 0.05) is 13.1 Å². The summed E-state index contributed by atoms with van der Waals surface area (Å²) in [5.74, 6) is -1.23. The van der Waals surface area contributed by atoms with E-state index < -0.39 is 11.9 Å². The molecule has 1 amide bonds. The summed E-state index contributed by atoms with van der Waals surface area (Å²) >= 11 is 1.42. The molecule has 1 aromatic heterocycles. The third kappa shape index (κ3) is 2.49. The summed E-state index contributed by atoms with van der Waals surface area (Å²) in [5.41, 5.74) is 0.970. The molecule has 0 spiro atoms. The number of hydrogen-bond acceptors (Lipinski definition) is 3. The quantitative estimate of drug-likeness (QED) is 0.877. The van der Waals surface area contributed by atoms with Gasteiger partial charge in [0.05, 0.1) is 10.8 Å². The first kappa shape index (κ1) is 12.1. The van der Waals surface area contributed by atoms with Gasteiger partial charge < -0.3 is 10.0 Å². The maximum Gasteiger partial charge on any atom is 0.308 e. The molecule has 0 saturated carbocycles. The van der Waals surface area contributed by atoms with Crippen LogP contribution in [0.2, 0.25) is 0 Å². The molecule has 0 aliphatic carbocycles. The van der Waals surface area contributed by atoms with Gasteiger partial charge in [0.2, 0.25) is 0 Å². The van der Waals surface area contributed by atoms with Crippen LogP contribution < -0.4 is 0 Å². The minimum atomic E-state index is -0.801. The largest absolute Gasteiger partial charge is 0.481 e. The molecule has 1 atom stereocenters. The summed E-state index contributed by atoms with van der Waals surface area (Å²) in [5, 5.41) is 10.9. The van der Waals surface area contributed by atoms with Crippen LogP contribution >= 0.6 is 11.3 Å². The van der Waals surface area contributed by atoms with Gasteiger partial charge in [0.15, 0.2) is 0 Å². The summed E-state index contributed by atoms with van der Waals surface area (Å²) in [6.07, 6.45) is 1.44. The molecule has 1 unspecified atom stereocenters. The third-order valence-electron chi connectivity index (χ3n) is 3.11. The van der Waals surface area contributed by atoms with Gasteiger partial charge in [-0.05, 0) is 36.8 Å². The number of carbonyl (C=O) groups excluding carboxylic acids is 1. The molecule has 1 saturated heterocycles. The van der Waals surface area contributed by atoms with E-state index in [1.807, 2.05) is 18.4 Å². The van der Waals surface area contributed by atoms with Crippen LogP contribution in [-0.4, -0.2) is 35.0 Å². The van der Waals surface area contributed by atoms with Gasteiger partial charge in [-0.3, -0.25) is 9.59 Å². The number of nitrogens with zero attached hydrogens (tertiary/aromatic N) is 1. The predicted octanol–water partition coefficient (Wildman–Crippen LogP) is 1.99. The lowest BCUT2D eigenvalue weighted by molar-refractivity contribution is -0.143. The van der Waals surface area contributed by atoms with Crippen molar-refractivity contribution in [1.82, 2.24) is 4.90 Å². The average molecular weight is 253 g/mol. The molecule has 1 fully saturated rings. The molecule has 0 radical (unpaired) electrons. The second-order valence-corrected chi connectivity index (χ2v) is 5.28. The average Bonchev–Trinajstić information content (AvgIpc) is 2.74. The van der Waals surface area contributed by atoms with Crippen LogP contribution in [-0.2, 0) is 4.79 Å². The maximum atomic E-state index is 12.2. The van der Waals surface area contributed by atoms with Gasteiger partial charge in [-0.15, -0.1) is 11.3 Å². The zero-order chi connectivity index (χ0) is 12.4. The van der Waals surface area contributed by atoms with Crippen molar-refractivity contribution in [3.05, 3.63) is 21.9 Å². The van der Waals surface area contributed by atoms with E-state index in [-0.39, 0.29) is 5.91 Å². The Balaban J connectivity index is 2.10. The Hall–Kier alpha value is -1.36. The van der Waals surface area contributed by atoms with E-state index in [4.69, 9.17) is 5.11 Å². The van der Waals surface area contributed by atoms with E-state index in [0.717, 1.165) is 16.9 Å². The number of carboxylic acids is 1. The van der Waals surface area contributed by atoms with Gasteiger partial charge in [0.1, 0.15) is 0 Å². The van der Waals surface area contributed by atoms with E-state index in [1.54, 1.807) is 4.90 Å². The van der Waals surface area contributed by atoms with Crippen molar-refractivity contribution < 1.29 is 14.7 Å². The second-order valence-electron chi connectivity index (χ2n) is 4.36. The molecule has 1 aliphatic heterocycles. The molecular formula is C12H15NO3S. The van der Waals surface area contributed by atoms with Gasteiger partial charge >= 0.3 is 5.97 Å². The van der Waals surface area contributed by atoms with Crippen molar-refractivity contribution in [3.8, 4) is 0 Å². The SMILES string of the molecule is Cc1ccsc1C(=O)N1CCCC(C(=O)O)C1. The first-order chi connectivity index (χ1) is 8.09. The molecule has 0 bridgehead atoms. The smallest absolute Gasteiger partial charge is 0.308 e. The Morgan fingerprint density at radius 1 is 1.53 bits per heavy atom. The van der Waals surface area contributed by atoms with Crippen LogP contribution in [0.25, 0.3) is 0 Å². The van der Waals surface area contributed by atoms with E-state index >= 15 is 0 Å². The van der Waals surface area contributed by atoms with Gasteiger partial charge in [-0.2, -0.15) is 0 Å². The van der Waals surface area contributed by atoms with Crippen LogP contribution in [0.1, 0.15) is 28.1 Å². The van der Waals surface area contributed by atoms with E-state index in [0.29, 0.717) is 19.5 Å². The highest BCUT2D eigenvalue weighted by Gasteiger charge is 2.29. The Kier molecular flexibility index (Phi) is 3.47. The number of aliphatic carboxylic acids is 1. The number of amides is 1. The van der Waals surface area contributed by atoms with Crippen LogP contribution in [0, 0.1) is 12.8 Å². The summed E-state index contributed by atoms with van der Waals surface area (Å²) in [7, 11) is 0. The summed E-state index contributed by atoms with van der Waals surface area (Å²) in [6, 6.07) is 1.91. The number of carboxylic acid groups (broad SMARTS) is 1. The molecule has 4 nitrogen and oxygen atoms in total. The summed E-state index contributed by atoms with van der Waals surface area (Å²) in [4.78, 5) is 25.5. The fourth-order valence-electron chi connectivity index (χ4n) is 2.10. The molecule has 92 valence electrons. The third-order valence-corrected chi connectivity index (χ3v) is 4.12. The van der Waals surface area contributed by atoms with Crippen LogP contribution in [0.5, 0.6) is 0 Å². The van der Waals surface area contributed by atoms with Crippen LogP contribution in [0.4, 0.5) is 0 Å². The lowest BCUT2D eigenvalue weighted by Crippen LogP contribution is -2.42. The van der Waals surface area contributed by atoms with Crippen molar-refractivity contribution in [3.63, 3.8) is 0 Å². The molecule has 1 aromatic rings. The fraction of sp³-hybridized carbons (Fsp3) is 0.500. The van der Waals surface area contributed by atoms with Crippen LogP contribution in [0.15, 0.2) is 11.4 Å². The topological polar surface area (TPSA) is 57.6 Å². The molecule has 1 N–H and O–H groups in total. The Labute approximate surface area is 104 Å². The fourth-order valence-corrected chi connectivity index (χ4v) is 2.99. The number of likely N-dealkylation sites (tertiary alicyclic amines) is 1. The van der Waals surface area contributed by atoms with E-state index in [2.05, 4.69) is 0 Å².